The molecule has 32 heavy (non-hydrogen) atoms. The van der Waals surface area contributed by atoms with Gasteiger partial charge in [-0.25, -0.2) is 0 Å². The third kappa shape index (κ3) is 6.51. The first-order valence-corrected chi connectivity index (χ1v) is 10.9. The summed E-state index contributed by atoms with van der Waals surface area (Å²) in [4.78, 5) is 16.8. The molecule has 0 spiro atoms. The number of hydrogen-bond donors (Lipinski definition) is 1. The van der Waals surface area contributed by atoms with Crippen LogP contribution in [0.1, 0.15) is 12.5 Å². The second kappa shape index (κ2) is 10.7. The number of amides is 1. The van der Waals surface area contributed by atoms with Gasteiger partial charge in [0.1, 0.15) is 12.4 Å². The minimum Gasteiger partial charge on any atom is -0.491 e. The average molecular weight is 490 g/mol. The fourth-order valence-corrected chi connectivity index (χ4v) is 3.85. The summed E-state index contributed by atoms with van der Waals surface area (Å²) in [6, 6.07) is 10.00. The van der Waals surface area contributed by atoms with Crippen molar-refractivity contribution in [2.24, 2.45) is 0 Å². The number of nitrogens with zero attached hydrogens (tertiary/aromatic N) is 2. The zero-order chi connectivity index (χ0) is 23.3. The Labute approximate surface area is 195 Å². The van der Waals surface area contributed by atoms with E-state index in [1.165, 1.54) is 12.1 Å². The zero-order valence-electron chi connectivity index (χ0n) is 17.5. The lowest BCUT2D eigenvalue weighted by atomic mass is 10.1. The molecular formula is C22H24Cl2F3N3O2. The van der Waals surface area contributed by atoms with Crippen molar-refractivity contribution in [3.63, 3.8) is 0 Å². The molecule has 10 heteroatoms. The molecule has 1 N–H and O–H groups in total. The molecule has 1 atom stereocenters. The van der Waals surface area contributed by atoms with Crippen LogP contribution in [0.4, 0.5) is 18.9 Å². The largest absolute Gasteiger partial charge is 0.491 e. The molecule has 1 saturated heterocycles. The van der Waals surface area contributed by atoms with Crippen LogP contribution in [0.5, 0.6) is 5.75 Å². The van der Waals surface area contributed by atoms with Gasteiger partial charge in [0.15, 0.2) is 0 Å². The first kappa shape index (κ1) is 24.6. The highest BCUT2D eigenvalue weighted by molar-refractivity contribution is 6.32. The summed E-state index contributed by atoms with van der Waals surface area (Å²) in [7, 11) is 0. The molecule has 1 amide bonds. The van der Waals surface area contributed by atoms with Crippen molar-refractivity contribution in [2.75, 3.05) is 44.6 Å². The van der Waals surface area contributed by atoms with Gasteiger partial charge in [-0.05, 0) is 37.3 Å². The number of ether oxygens (including phenoxy) is 1. The van der Waals surface area contributed by atoms with E-state index in [1.54, 1.807) is 13.0 Å². The molecule has 0 saturated carbocycles. The van der Waals surface area contributed by atoms with Gasteiger partial charge in [-0.3, -0.25) is 14.6 Å². The van der Waals surface area contributed by atoms with Crippen LogP contribution in [0.2, 0.25) is 10.0 Å². The Morgan fingerprint density at radius 1 is 1.12 bits per heavy atom. The molecule has 0 bridgehead atoms. The van der Waals surface area contributed by atoms with Crippen molar-refractivity contribution in [2.45, 2.75) is 19.1 Å². The monoisotopic (exact) mass is 489 g/mol. The Kier molecular flexibility index (Phi) is 8.27. The predicted octanol–water partition coefficient (Wildman–Crippen LogP) is 5.04. The van der Waals surface area contributed by atoms with Gasteiger partial charge in [0.25, 0.3) is 0 Å². The SMILES string of the molecule is CC(C(=O)Nc1ccc(Cl)cc1C(F)(F)F)N1CCN(CCOc2ccccc2Cl)CC1. The first-order valence-electron chi connectivity index (χ1n) is 10.2. The van der Waals surface area contributed by atoms with Crippen LogP contribution in [-0.2, 0) is 11.0 Å². The van der Waals surface area contributed by atoms with E-state index in [0.717, 1.165) is 19.2 Å². The number of halogens is 5. The maximum absolute atomic E-state index is 13.3. The number of carbonyl (C=O) groups is 1. The first-order chi connectivity index (χ1) is 15.1. The molecule has 2 aromatic rings. The van der Waals surface area contributed by atoms with Gasteiger partial charge >= 0.3 is 6.18 Å². The lowest BCUT2D eigenvalue weighted by molar-refractivity contribution is -0.137. The number of para-hydroxylation sites is 1. The maximum atomic E-state index is 13.3. The Morgan fingerprint density at radius 2 is 1.81 bits per heavy atom. The van der Waals surface area contributed by atoms with E-state index >= 15 is 0 Å². The van der Waals surface area contributed by atoms with Crippen LogP contribution in [0, 0.1) is 0 Å². The van der Waals surface area contributed by atoms with E-state index in [9.17, 15) is 18.0 Å². The molecule has 5 nitrogen and oxygen atoms in total. The van der Waals surface area contributed by atoms with Gasteiger partial charge in [-0.2, -0.15) is 13.2 Å². The molecule has 1 heterocycles. The smallest absolute Gasteiger partial charge is 0.418 e. The number of carbonyl (C=O) groups excluding carboxylic acids is 1. The lowest BCUT2D eigenvalue weighted by Gasteiger charge is -2.37. The van der Waals surface area contributed by atoms with Crippen molar-refractivity contribution in [3.8, 4) is 5.75 Å². The van der Waals surface area contributed by atoms with Crippen molar-refractivity contribution in [1.29, 1.82) is 0 Å². The lowest BCUT2D eigenvalue weighted by Crippen LogP contribution is -2.53. The van der Waals surface area contributed by atoms with Crippen LogP contribution in [0.25, 0.3) is 0 Å². The van der Waals surface area contributed by atoms with Crippen molar-refractivity contribution < 1.29 is 22.7 Å². The van der Waals surface area contributed by atoms with E-state index < -0.39 is 23.7 Å². The van der Waals surface area contributed by atoms with E-state index in [4.69, 9.17) is 27.9 Å². The Morgan fingerprint density at radius 3 is 2.47 bits per heavy atom. The van der Waals surface area contributed by atoms with E-state index in [-0.39, 0.29) is 10.7 Å². The number of rotatable bonds is 7. The summed E-state index contributed by atoms with van der Waals surface area (Å²) in [6.45, 7) is 5.56. The molecule has 1 unspecified atom stereocenters. The highest BCUT2D eigenvalue weighted by atomic mass is 35.5. The fourth-order valence-electron chi connectivity index (χ4n) is 3.48. The quantitative estimate of drug-likeness (QED) is 0.591. The van der Waals surface area contributed by atoms with Gasteiger partial charge < -0.3 is 10.1 Å². The molecule has 2 aromatic carbocycles. The fraction of sp³-hybridized carbons (Fsp3) is 0.409. The minimum absolute atomic E-state index is 0.0435. The number of nitrogens with one attached hydrogen (secondary N) is 1. The van der Waals surface area contributed by atoms with E-state index in [1.807, 2.05) is 23.1 Å². The average Bonchev–Trinajstić information content (AvgIpc) is 2.75. The summed E-state index contributed by atoms with van der Waals surface area (Å²) < 4.78 is 45.5. The normalized spacial score (nSPS) is 16.6. The molecular weight excluding hydrogens is 466 g/mol. The number of alkyl halides is 3. The number of piperazine rings is 1. The van der Waals surface area contributed by atoms with Gasteiger partial charge in [-0.1, -0.05) is 35.3 Å². The molecule has 0 aliphatic carbocycles. The highest BCUT2D eigenvalue weighted by Crippen LogP contribution is 2.36. The molecule has 0 aromatic heterocycles. The number of benzene rings is 2. The minimum atomic E-state index is -4.62. The third-order valence-electron chi connectivity index (χ3n) is 5.38. The van der Waals surface area contributed by atoms with Crippen molar-refractivity contribution in [3.05, 3.63) is 58.1 Å². The van der Waals surface area contributed by atoms with Gasteiger partial charge in [0.05, 0.1) is 22.3 Å². The van der Waals surface area contributed by atoms with Crippen LogP contribution >= 0.6 is 23.2 Å². The Hall–Kier alpha value is -2.00. The maximum Gasteiger partial charge on any atom is 0.418 e. The van der Waals surface area contributed by atoms with Gasteiger partial charge in [0, 0.05) is 37.7 Å². The van der Waals surface area contributed by atoms with E-state index in [0.29, 0.717) is 37.0 Å². The molecule has 0 radical (unpaired) electrons. The van der Waals surface area contributed by atoms with Crippen molar-refractivity contribution in [1.82, 2.24) is 9.80 Å². The van der Waals surface area contributed by atoms with Gasteiger partial charge in [-0.15, -0.1) is 0 Å². The topological polar surface area (TPSA) is 44.8 Å². The summed E-state index contributed by atoms with van der Waals surface area (Å²) in [6.07, 6.45) is -4.62. The summed E-state index contributed by atoms with van der Waals surface area (Å²) in [5.74, 6) is 0.145. The van der Waals surface area contributed by atoms with Crippen LogP contribution < -0.4 is 10.1 Å². The number of hydrogen-bond acceptors (Lipinski definition) is 4. The van der Waals surface area contributed by atoms with E-state index in [2.05, 4.69) is 10.2 Å². The molecule has 174 valence electrons. The molecule has 1 aliphatic rings. The van der Waals surface area contributed by atoms with Crippen LogP contribution in [0.3, 0.4) is 0 Å². The predicted molar refractivity (Wildman–Crippen MR) is 120 cm³/mol. The Balaban J connectivity index is 1.48. The summed E-state index contributed by atoms with van der Waals surface area (Å²) in [5.41, 5.74) is -1.26. The standard InChI is InChI=1S/C22H24Cl2F3N3O2/c1-15(21(31)28-19-7-6-16(23)14-17(19)22(25,26)27)30-10-8-29(9-11-30)12-13-32-20-5-3-2-4-18(20)24/h2-7,14-15H,8-13H2,1H3,(H,28,31). The Bertz CT molecular complexity index is 935. The van der Waals surface area contributed by atoms with Gasteiger partial charge in [0.2, 0.25) is 5.91 Å². The van der Waals surface area contributed by atoms with Crippen LogP contribution in [0.15, 0.2) is 42.5 Å². The molecule has 3 rings (SSSR count). The highest BCUT2D eigenvalue weighted by Gasteiger charge is 2.35. The zero-order valence-corrected chi connectivity index (χ0v) is 19.0. The second-order valence-electron chi connectivity index (χ2n) is 7.51. The summed E-state index contributed by atoms with van der Waals surface area (Å²) >= 11 is 11.8. The number of anilines is 1. The van der Waals surface area contributed by atoms with Crippen molar-refractivity contribution >= 4 is 34.8 Å². The third-order valence-corrected chi connectivity index (χ3v) is 5.93. The second-order valence-corrected chi connectivity index (χ2v) is 8.35. The molecule has 1 aliphatic heterocycles. The molecule has 1 fully saturated rings. The summed E-state index contributed by atoms with van der Waals surface area (Å²) in [5, 5.41) is 2.92. The van der Waals surface area contributed by atoms with Crippen LogP contribution in [-0.4, -0.2) is 61.1 Å².